The van der Waals surface area contributed by atoms with Gasteiger partial charge in [-0.05, 0) is 0 Å². The van der Waals surface area contributed by atoms with E-state index in [0.717, 1.165) is 0 Å². The molecule has 0 saturated heterocycles. The fraction of sp³-hybridized carbons (Fsp3) is 1.00. The van der Waals surface area contributed by atoms with Gasteiger partial charge in [0.25, 0.3) is 0 Å². The highest BCUT2D eigenvalue weighted by atomic mass is 19.4. The maximum Gasteiger partial charge on any atom is 0.422 e. The molecule has 0 bridgehead atoms. The van der Waals surface area contributed by atoms with Crippen molar-refractivity contribution in [1.82, 2.24) is 0 Å². The van der Waals surface area contributed by atoms with E-state index >= 15 is 0 Å². The second-order valence-electron chi connectivity index (χ2n) is 6.56. The Balaban J connectivity index is 6.36. The Morgan fingerprint density at radius 3 is 0.774 bits per heavy atom. The van der Waals surface area contributed by atoms with E-state index in [-0.39, 0.29) is 13.8 Å². The van der Waals surface area contributed by atoms with E-state index in [0.29, 0.717) is 0 Å². The van der Waals surface area contributed by atoms with Gasteiger partial charge in [0.05, 0.1) is 0 Å². The Bertz CT molecular complexity index is 500. The van der Waals surface area contributed by atoms with Gasteiger partial charge >= 0.3 is 24.7 Å². The van der Waals surface area contributed by atoms with E-state index < -0.39 is 73.4 Å². The van der Waals surface area contributed by atoms with Crippen LogP contribution in [0.5, 0.6) is 0 Å². The summed E-state index contributed by atoms with van der Waals surface area (Å²) in [5.41, 5.74) is 0. The lowest BCUT2D eigenvalue weighted by Crippen LogP contribution is -2.54. The van der Waals surface area contributed by atoms with Crippen molar-refractivity contribution in [3.63, 3.8) is 0 Å². The summed E-state index contributed by atoms with van der Waals surface area (Å²) in [4.78, 5) is 0. The number of ether oxygens (including phenoxy) is 1. The van der Waals surface area contributed by atoms with Crippen molar-refractivity contribution >= 4 is 0 Å². The highest BCUT2D eigenvalue weighted by Gasteiger charge is 2.59. The van der Waals surface area contributed by atoms with Crippen molar-refractivity contribution in [3.8, 4) is 0 Å². The van der Waals surface area contributed by atoms with E-state index in [4.69, 9.17) is 0 Å². The zero-order valence-electron chi connectivity index (χ0n) is 15.1. The lowest BCUT2D eigenvalue weighted by atomic mass is 9.91. The van der Waals surface area contributed by atoms with Crippen molar-refractivity contribution < 1.29 is 75.0 Å². The molecule has 0 aliphatic rings. The lowest BCUT2D eigenvalue weighted by molar-refractivity contribution is -0.283. The van der Waals surface area contributed by atoms with Gasteiger partial charge in [-0.3, -0.25) is 0 Å². The molecule has 1 nitrogen and oxygen atoms in total. The molecule has 0 radical (unpaired) electrons. The largest absolute Gasteiger partial charge is 0.422 e. The fourth-order valence-electron chi connectivity index (χ4n) is 2.40. The molecule has 0 spiro atoms. The van der Waals surface area contributed by atoms with Crippen LogP contribution in [0.1, 0.15) is 13.8 Å². The molecule has 0 aliphatic heterocycles. The molecule has 8 atom stereocenters. The van der Waals surface area contributed by atoms with Crippen LogP contribution in [0.25, 0.3) is 0 Å². The molecule has 0 saturated carbocycles. The molecule has 0 rings (SSSR count). The van der Waals surface area contributed by atoms with Gasteiger partial charge in [-0.2, -0.15) is 52.7 Å². The number of hydrogen-bond donors (Lipinski definition) is 0. The summed E-state index contributed by atoms with van der Waals surface area (Å²) in [6.45, 7) is -0.221. The summed E-state index contributed by atoms with van der Waals surface area (Å²) in [6, 6.07) is 0. The summed E-state index contributed by atoms with van der Waals surface area (Å²) in [5.74, 6) is -6.65. The number of halogens is 16. The van der Waals surface area contributed by atoms with Gasteiger partial charge in [-0.25, -0.2) is 17.6 Å². The molecule has 0 heterocycles. The Labute approximate surface area is 163 Å². The van der Waals surface area contributed by atoms with Crippen molar-refractivity contribution in [2.24, 2.45) is 11.8 Å². The highest BCUT2D eigenvalue weighted by molar-refractivity contribution is 4.93. The van der Waals surface area contributed by atoms with Gasteiger partial charge in [0.1, 0.15) is 12.2 Å². The lowest BCUT2D eigenvalue weighted by Gasteiger charge is -2.38. The SMILES string of the molecule is CC(C(OC(C(C)C(F)C(F)(F)F)C(F)C(F)(F)F)C(F)C(F)(F)F)C(F)C(F)(F)F. The summed E-state index contributed by atoms with van der Waals surface area (Å²) in [6.07, 6.45) is -50.4. The molecule has 188 valence electrons. The Morgan fingerprint density at radius 2 is 0.613 bits per heavy atom. The Morgan fingerprint density at radius 1 is 0.419 bits per heavy atom. The van der Waals surface area contributed by atoms with Gasteiger partial charge in [0.15, 0.2) is 0 Å². The van der Waals surface area contributed by atoms with E-state index in [1.807, 2.05) is 0 Å². The van der Waals surface area contributed by atoms with Gasteiger partial charge in [0, 0.05) is 11.8 Å². The number of rotatable bonds is 8. The highest BCUT2D eigenvalue weighted by Crippen LogP contribution is 2.42. The molecule has 0 fully saturated rings. The summed E-state index contributed by atoms with van der Waals surface area (Å²) in [7, 11) is 0. The maximum absolute atomic E-state index is 13.7. The zero-order valence-corrected chi connectivity index (χ0v) is 15.1. The van der Waals surface area contributed by atoms with Crippen LogP contribution in [0, 0.1) is 11.8 Å². The predicted octanol–water partition coefficient (Wildman–Crippen LogP) is 6.61. The second kappa shape index (κ2) is 9.77. The van der Waals surface area contributed by atoms with Crippen molar-refractivity contribution in [3.05, 3.63) is 0 Å². The van der Waals surface area contributed by atoms with Gasteiger partial charge in [0.2, 0.25) is 24.7 Å². The predicted molar refractivity (Wildman–Crippen MR) is 70.8 cm³/mol. The van der Waals surface area contributed by atoms with E-state index in [1.165, 1.54) is 0 Å². The summed E-state index contributed by atoms with van der Waals surface area (Å²) >= 11 is 0. The first-order valence-corrected chi connectivity index (χ1v) is 7.92. The maximum atomic E-state index is 13.7. The third kappa shape index (κ3) is 8.04. The van der Waals surface area contributed by atoms with Crippen LogP contribution in [0.4, 0.5) is 70.2 Å². The van der Waals surface area contributed by atoms with E-state index in [9.17, 15) is 70.2 Å². The molecule has 0 amide bonds. The van der Waals surface area contributed by atoms with Crippen LogP contribution in [-0.4, -0.2) is 61.6 Å². The van der Waals surface area contributed by atoms with Crippen molar-refractivity contribution in [2.45, 2.75) is 75.4 Å². The zero-order chi connectivity index (χ0) is 25.3. The minimum absolute atomic E-state index is 0.111. The van der Waals surface area contributed by atoms with Crippen LogP contribution in [0.3, 0.4) is 0 Å². The second-order valence-corrected chi connectivity index (χ2v) is 6.56. The molecule has 31 heavy (non-hydrogen) atoms. The van der Waals surface area contributed by atoms with E-state index in [1.54, 1.807) is 0 Å². The van der Waals surface area contributed by atoms with Crippen LogP contribution < -0.4 is 0 Å². The van der Waals surface area contributed by atoms with Crippen LogP contribution >= 0.6 is 0 Å². The minimum Gasteiger partial charge on any atom is -0.367 e. The first-order valence-electron chi connectivity index (χ1n) is 7.92. The molecule has 8 unspecified atom stereocenters. The topological polar surface area (TPSA) is 9.23 Å². The first kappa shape index (κ1) is 29.8. The van der Waals surface area contributed by atoms with Gasteiger partial charge < -0.3 is 4.74 Å². The first-order chi connectivity index (χ1) is 13.4. The average molecular weight is 502 g/mol. The van der Waals surface area contributed by atoms with Gasteiger partial charge in [-0.1, -0.05) is 13.8 Å². The fourth-order valence-corrected chi connectivity index (χ4v) is 2.40. The molecule has 0 aliphatic carbocycles. The Kier molecular flexibility index (Phi) is 9.40. The summed E-state index contributed by atoms with van der Waals surface area (Å²) in [5, 5.41) is 0. The normalized spacial score (nSPS) is 22.3. The number of hydrogen-bond acceptors (Lipinski definition) is 1. The summed E-state index contributed by atoms with van der Waals surface area (Å²) < 4.78 is 208. The molecule has 0 N–H and O–H groups in total. The quantitative estimate of drug-likeness (QED) is 0.340. The molecule has 0 aromatic carbocycles. The third-order valence-corrected chi connectivity index (χ3v) is 4.10. The molecular weight excluding hydrogens is 488 g/mol. The minimum atomic E-state index is -6.21. The van der Waals surface area contributed by atoms with Gasteiger partial charge in [-0.15, -0.1) is 0 Å². The monoisotopic (exact) mass is 502 g/mol. The molecule has 0 aromatic heterocycles. The van der Waals surface area contributed by atoms with Crippen LogP contribution in [0.15, 0.2) is 0 Å². The standard InChI is InChI=1S/C14H14F16O/c1-3(7(15)11(19,20)21)5(9(17)13(25,26)27)31-6(10(18)14(28,29)30)4(2)8(16)12(22,23)24/h3-10H,1-2H3. The Hall–Kier alpha value is -1.16. The van der Waals surface area contributed by atoms with Crippen molar-refractivity contribution in [1.29, 1.82) is 0 Å². The van der Waals surface area contributed by atoms with Crippen molar-refractivity contribution in [2.75, 3.05) is 0 Å². The smallest absolute Gasteiger partial charge is 0.367 e. The van der Waals surface area contributed by atoms with E-state index in [2.05, 4.69) is 4.74 Å². The van der Waals surface area contributed by atoms with Crippen LogP contribution in [0.2, 0.25) is 0 Å². The number of alkyl halides is 16. The molecule has 17 heteroatoms. The average Bonchev–Trinajstić information content (AvgIpc) is 2.55. The molecular formula is C14H14F16O. The third-order valence-electron chi connectivity index (χ3n) is 4.10. The van der Waals surface area contributed by atoms with Crippen LogP contribution in [-0.2, 0) is 4.74 Å². The molecule has 0 aromatic rings.